The monoisotopic (exact) mass is 207 g/mol. The average molecular weight is 207 g/mol. The Hall–Kier alpha value is -0.860. The summed E-state index contributed by atoms with van der Waals surface area (Å²) in [4.78, 5) is 25.6. The van der Waals surface area contributed by atoms with Crippen LogP contribution in [0.5, 0.6) is 0 Å². The molecule has 0 radical (unpaired) electrons. The van der Waals surface area contributed by atoms with E-state index in [2.05, 4.69) is 4.90 Å². The quantitative estimate of drug-likeness (QED) is 0.604. The van der Waals surface area contributed by atoms with Crippen LogP contribution in [0.4, 0.5) is 0 Å². The summed E-state index contributed by atoms with van der Waals surface area (Å²) in [6, 6.07) is 0. The molecule has 3 heteroatoms. The fourth-order valence-electron chi connectivity index (χ4n) is 3.91. The predicted molar refractivity (Wildman–Crippen MR) is 55.3 cm³/mol. The summed E-state index contributed by atoms with van der Waals surface area (Å²) in [6.45, 7) is 0.891. The Bertz CT molecular complexity index is 326. The van der Waals surface area contributed by atoms with E-state index in [1.165, 1.54) is 0 Å². The summed E-state index contributed by atoms with van der Waals surface area (Å²) in [5.74, 6) is 1.14. The molecule has 0 N–H and O–H groups in total. The van der Waals surface area contributed by atoms with Crippen LogP contribution in [0.25, 0.3) is 0 Å². The van der Waals surface area contributed by atoms with E-state index in [0.29, 0.717) is 30.4 Å². The zero-order valence-corrected chi connectivity index (χ0v) is 9.00. The standard InChI is InChI=1S/C12H17NO2/c14-10-7-9-3-1-4-11(15)13-6-2-5-12(9,13)8-10/h9H,1-8H2/t9-,12+/m1/s1. The molecule has 82 valence electrons. The van der Waals surface area contributed by atoms with E-state index in [4.69, 9.17) is 0 Å². The van der Waals surface area contributed by atoms with Crippen molar-refractivity contribution in [2.24, 2.45) is 5.92 Å². The lowest BCUT2D eigenvalue weighted by Gasteiger charge is -2.37. The molecule has 1 aliphatic carbocycles. The molecule has 0 aromatic heterocycles. The molecule has 2 atom stereocenters. The average Bonchev–Trinajstić information content (AvgIpc) is 2.70. The van der Waals surface area contributed by atoms with Crippen LogP contribution in [0.15, 0.2) is 0 Å². The highest BCUT2D eigenvalue weighted by Crippen LogP contribution is 2.49. The molecule has 1 spiro atoms. The molecule has 3 fully saturated rings. The second-order valence-electron chi connectivity index (χ2n) is 5.26. The molecule has 2 saturated heterocycles. The summed E-state index contributed by atoms with van der Waals surface area (Å²) in [7, 11) is 0. The Balaban J connectivity index is 2.01. The molecule has 0 unspecified atom stereocenters. The summed E-state index contributed by atoms with van der Waals surface area (Å²) in [5, 5.41) is 0. The molecule has 0 aromatic carbocycles. The van der Waals surface area contributed by atoms with Crippen molar-refractivity contribution in [3.05, 3.63) is 0 Å². The third kappa shape index (κ3) is 1.18. The Kier molecular flexibility index (Phi) is 1.91. The Morgan fingerprint density at radius 2 is 2.13 bits per heavy atom. The van der Waals surface area contributed by atoms with Gasteiger partial charge in [0.15, 0.2) is 0 Å². The fourth-order valence-corrected chi connectivity index (χ4v) is 3.91. The van der Waals surface area contributed by atoms with Crippen molar-refractivity contribution in [1.29, 1.82) is 0 Å². The van der Waals surface area contributed by atoms with Crippen LogP contribution in [0, 0.1) is 5.92 Å². The number of nitrogens with zero attached hydrogens (tertiary/aromatic N) is 1. The van der Waals surface area contributed by atoms with E-state index < -0.39 is 0 Å². The Labute approximate surface area is 89.8 Å². The number of Topliss-reactive ketones (excluding diaryl/α,β-unsaturated/α-hetero) is 1. The first-order chi connectivity index (χ1) is 7.22. The van der Waals surface area contributed by atoms with Crippen LogP contribution >= 0.6 is 0 Å². The summed E-state index contributed by atoms with van der Waals surface area (Å²) >= 11 is 0. The minimum atomic E-state index is -0.0370. The smallest absolute Gasteiger partial charge is 0.223 e. The Morgan fingerprint density at radius 1 is 1.27 bits per heavy atom. The van der Waals surface area contributed by atoms with Crippen LogP contribution in [0.2, 0.25) is 0 Å². The Morgan fingerprint density at radius 3 is 3.00 bits per heavy atom. The zero-order chi connectivity index (χ0) is 10.5. The van der Waals surface area contributed by atoms with E-state index in [1.807, 2.05) is 0 Å². The van der Waals surface area contributed by atoms with Gasteiger partial charge in [0.1, 0.15) is 5.78 Å². The van der Waals surface area contributed by atoms with E-state index in [1.54, 1.807) is 0 Å². The number of hydrogen-bond acceptors (Lipinski definition) is 2. The number of ketones is 1. The first kappa shape index (κ1) is 9.37. The predicted octanol–water partition coefficient (Wildman–Crippen LogP) is 1.51. The molecule has 2 heterocycles. The van der Waals surface area contributed by atoms with E-state index in [-0.39, 0.29) is 5.54 Å². The highest BCUT2D eigenvalue weighted by Gasteiger charge is 2.54. The first-order valence-corrected chi connectivity index (χ1v) is 6.04. The second kappa shape index (κ2) is 3.06. The van der Waals surface area contributed by atoms with Gasteiger partial charge in [0.05, 0.1) is 5.54 Å². The summed E-state index contributed by atoms with van der Waals surface area (Å²) in [5.41, 5.74) is -0.0370. The molecular formula is C12H17NO2. The molecule has 3 aliphatic rings. The normalized spacial score (nSPS) is 40.3. The number of carbonyl (C=O) groups excluding carboxylic acids is 2. The maximum Gasteiger partial charge on any atom is 0.223 e. The number of rotatable bonds is 0. The molecule has 2 aliphatic heterocycles. The van der Waals surface area contributed by atoms with Gasteiger partial charge in [-0.1, -0.05) is 0 Å². The largest absolute Gasteiger partial charge is 0.336 e. The third-order valence-corrected chi connectivity index (χ3v) is 4.51. The van der Waals surface area contributed by atoms with Crippen molar-refractivity contribution in [2.45, 2.75) is 50.5 Å². The van der Waals surface area contributed by atoms with Crippen LogP contribution in [0.1, 0.15) is 44.9 Å². The number of carbonyl (C=O) groups is 2. The second-order valence-corrected chi connectivity index (χ2v) is 5.26. The van der Waals surface area contributed by atoms with E-state index in [0.717, 1.165) is 38.6 Å². The van der Waals surface area contributed by atoms with E-state index >= 15 is 0 Å². The van der Waals surface area contributed by atoms with Crippen LogP contribution in [0.3, 0.4) is 0 Å². The lowest BCUT2D eigenvalue weighted by Crippen LogP contribution is -2.48. The topological polar surface area (TPSA) is 37.4 Å². The molecule has 3 rings (SSSR count). The zero-order valence-electron chi connectivity index (χ0n) is 9.00. The van der Waals surface area contributed by atoms with Crippen LogP contribution in [-0.2, 0) is 9.59 Å². The van der Waals surface area contributed by atoms with Crippen molar-refractivity contribution in [1.82, 2.24) is 4.90 Å². The maximum atomic E-state index is 12.0. The summed E-state index contributed by atoms with van der Waals surface area (Å²) < 4.78 is 0. The van der Waals surface area contributed by atoms with Gasteiger partial charge in [0.2, 0.25) is 5.91 Å². The molecule has 1 saturated carbocycles. The van der Waals surface area contributed by atoms with Crippen LogP contribution < -0.4 is 0 Å². The third-order valence-electron chi connectivity index (χ3n) is 4.51. The van der Waals surface area contributed by atoms with Gasteiger partial charge >= 0.3 is 0 Å². The van der Waals surface area contributed by atoms with Gasteiger partial charge in [-0.25, -0.2) is 0 Å². The highest BCUT2D eigenvalue weighted by molar-refractivity contribution is 5.86. The minimum absolute atomic E-state index is 0.0370. The lowest BCUT2D eigenvalue weighted by molar-refractivity contribution is -0.135. The first-order valence-electron chi connectivity index (χ1n) is 6.04. The van der Waals surface area contributed by atoms with E-state index in [9.17, 15) is 9.59 Å². The highest BCUT2D eigenvalue weighted by atomic mass is 16.2. The molecule has 15 heavy (non-hydrogen) atoms. The van der Waals surface area contributed by atoms with Crippen molar-refractivity contribution < 1.29 is 9.59 Å². The van der Waals surface area contributed by atoms with Crippen LogP contribution in [-0.4, -0.2) is 28.7 Å². The van der Waals surface area contributed by atoms with Gasteiger partial charge in [-0.15, -0.1) is 0 Å². The molecular weight excluding hydrogens is 190 g/mol. The number of amides is 1. The van der Waals surface area contributed by atoms with Crippen molar-refractivity contribution in [3.8, 4) is 0 Å². The SMILES string of the molecule is O=C1C[C@H]2CCCC(=O)N3CCC[C@]23C1. The van der Waals surface area contributed by atoms with Crippen molar-refractivity contribution in [3.63, 3.8) is 0 Å². The molecule has 3 nitrogen and oxygen atoms in total. The van der Waals surface area contributed by atoms with Gasteiger partial charge in [-0.2, -0.15) is 0 Å². The van der Waals surface area contributed by atoms with Gasteiger partial charge in [-0.05, 0) is 31.6 Å². The molecule has 0 bridgehead atoms. The van der Waals surface area contributed by atoms with Gasteiger partial charge in [0, 0.05) is 25.8 Å². The van der Waals surface area contributed by atoms with Crippen molar-refractivity contribution >= 4 is 11.7 Å². The summed E-state index contributed by atoms with van der Waals surface area (Å²) in [6.07, 6.45) is 6.29. The van der Waals surface area contributed by atoms with Crippen molar-refractivity contribution in [2.75, 3.05) is 6.54 Å². The fraction of sp³-hybridized carbons (Fsp3) is 0.833. The van der Waals surface area contributed by atoms with Gasteiger partial charge in [0.25, 0.3) is 0 Å². The minimum Gasteiger partial charge on any atom is -0.336 e. The molecule has 0 aromatic rings. The van der Waals surface area contributed by atoms with Gasteiger partial charge < -0.3 is 4.90 Å². The molecule has 1 amide bonds. The maximum absolute atomic E-state index is 12.0. The number of hydrogen-bond donors (Lipinski definition) is 0. The van der Waals surface area contributed by atoms with Gasteiger partial charge in [-0.3, -0.25) is 9.59 Å². The lowest BCUT2D eigenvalue weighted by atomic mass is 9.83.